The Hall–Kier alpha value is -1.54. The molecule has 0 bridgehead atoms. The first-order valence-electron chi connectivity index (χ1n) is 8.83. The van der Waals surface area contributed by atoms with Crippen LogP contribution in [0.2, 0.25) is 0 Å². The molecule has 3 rings (SSSR count). The van der Waals surface area contributed by atoms with Gasteiger partial charge in [0, 0.05) is 43.7 Å². The van der Waals surface area contributed by atoms with Crippen molar-refractivity contribution in [2.45, 2.75) is 38.3 Å². The zero-order chi connectivity index (χ0) is 17.5. The Balaban J connectivity index is 0.00000243. The lowest BCUT2D eigenvalue weighted by atomic mass is 10.0. The largest absolute Gasteiger partial charge is 0.354 e. The maximum atomic E-state index is 11.7. The summed E-state index contributed by atoms with van der Waals surface area (Å²) in [7, 11) is 0. The van der Waals surface area contributed by atoms with Gasteiger partial charge in [-0.05, 0) is 31.5 Å². The molecule has 1 unspecified atom stereocenters. The molecule has 26 heavy (non-hydrogen) atoms. The minimum atomic E-state index is 0. The topological polar surface area (TPSA) is 84.1 Å². The predicted octanol–water partition coefficient (Wildman–Crippen LogP) is 2.45. The first-order chi connectivity index (χ1) is 12.3. The molecule has 1 aliphatic heterocycles. The molecule has 1 fully saturated rings. The number of likely N-dealkylation sites (tertiary alicyclic amines) is 1. The third kappa shape index (κ3) is 5.74. The van der Waals surface area contributed by atoms with E-state index >= 15 is 0 Å². The number of halogens is 1. The lowest BCUT2D eigenvalue weighted by Gasteiger charge is -2.35. The zero-order valence-corrected chi connectivity index (χ0v) is 16.4. The lowest BCUT2D eigenvalue weighted by Crippen LogP contribution is -2.46. The van der Waals surface area contributed by atoms with Crippen LogP contribution in [-0.2, 0) is 11.3 Å². The van der Waals surface area contributed by atoms with Crippen LogP contribution in [0.1, 0.15) is 31.4 Å². The molecule has 1 amide bonds. The van der Waals surface area contributed by atoms with Gasteiger partial charge in [-0.15, -0.1) is 23.7 Å². The summed E-state index contributed by atoms with van der Waals surface area (Å²) >= 11 is 1.63. The Morgan fingerprint density at radius 2 is 2.27 bits per heavy atom. The molecule has 3 N–H and O–H groups in total. The van der Waals surface area contributed by atoms with Gasteiger partial charge < -0.3 is 11.1 Å². The summed E-state index contributed by atoms with van der Waals surface area (Å²) < 4.78 is 0. The van der Waals surface area contributed by atoms with Gasteiger partial charge in [0.05, 0.1) is 11.4 Å². The number of piperidine rings is 1. The molecule has 6 nitrogen and oxygen atoms in total. The number of aromatic nitrogens is 2. The Kier molecular flexibility index (Phi) is 8.44. The summed E-state index contributed by atoms with van der Waals surface area (Å²) in [5.74, 6) is 0.0409. The fourth-order valence-electron chi connectivity index (χ4n) is 3.15. The average Bonchev–Trinajstić information content (AvgIpc) is 3.11. The predicted molar refractivity (Wildman–Crippen MR) is 107 cm³/mol. The lowest BCUT2D eigenvalue weighted by molar-refractivity contribution is -0.121. The number of pyridine rings is 1. The van der Waals surface area contributed by atoms with Crippen LogP contribution >= 0.6 is 23.7 Å². The summed E-state index contributed by atoms with van der Waals surface area (Å²) in [6.45, 7) is 2.96. The van der Waals surface area contributed by atoms with E-state index in [4.69, 9.17) is 10.7 Å². The van der Waals surface area contributed by atoms with Gasteiger partial charge in [-0.25, -0.2) is 4.98 Å². The Bertz CT molecular complexity index is 681. The fourth-order valence-corrected chi connectivity index (χ4v) is 3.93. The molecule has 0 spiro atoms. The second kappa shape index (κ2) is 10.6. The third-order valence-corrected chi connectivity index (χ3v) is 5.37. The van der Waals surface area contributed by atoms with E-state index < -0.39 is 0 Å². The van der Waals surface area contributed by atoms with Crippen LogP contribution in [-0.4, -0.2) is 46.5 Å². The van der Waals surface area contributed by atoms with E-state index in [1.165, 1.54) is 12.8 Å². The van der Waals surface area contributed by atoms with E-state index in [-0.39, 0.29) is 18.3 Å². The normalized spacial score (nSPS) is 17.5. The quantitative estimate of drug-likeness (QED) is 0.752. The minimum absolute atomic E-state index is 0. The van der Waals surface area contributed by atoms with E-state index in [0.29, 0.717) is 25.6 Å². The number of carbonyl (C=O) groups is 1. The van der Waals surface area contributed by atoms with Crippen molar-refractivity contribution in [3.8, 4) is 10.7 Å². The van der Waals surface area contributed by atoms with Crippen LogP contribution in [0.5, 0.6) is 0 Å². The molecule has 0 aliphatic carbocycles. The zero-order valence-electron chi connectivity index (χ0n) is 14.8. The number of nitrogens with one attached hydrogen (secondary N) is 1. The SMILES string of the molecule is Cl.NCCC(=O)NCC1CCCCN1Cc1csc(-c2ccccn2)n1. The molecule has 2 aromatic rings. The Labute approximate surface area is 164 Å². The van der Waals surface area contributed by atoms with Crippen LogP contribution in [0, 0.1) is 0 Å². The minimum Gasteiger partial charge on any atom is -0.354 e. The molecule has 0 radical (unpaired) electrons. The van der Waals surface area contributed by atoms with Crippen molar-refractivity contribution in [2.75, 3.05) is 19.6 Å². The van der Waals surface area contributed by atoms with Gasteiger partial charge in [0.25, 0.3) is 0 Å². The smallest absolute Gasteiger partial charge is 0.221 e. The van der Waals surface area contributed by atoms with E-state index in [9.17, 15) is 4.79 Å². The first-order valence-corrected chi connectivity index (χ1v) is 9.71. The van der Waals surface area contributed by atoms with Crippen LogP contribution in [0.3, 0.4) is 0 Å². The van der Waals surface area contributed by atoms with E-state index in [1.54, 1.807) is 17.5 Å². The third-order valence-electron chi connectivity index (χ3n) is 4.46. The van der Waals surface area contributed by atoms with Gasteiger partial charge in [0.15, 0.2) is 0 Å². The maximum Gasteiger partial charge on any atom is 0.221 e. The molecule has 2 aromatic heterocycles. The van der Waals surface area contributed by atoms with Gasteiger partial charge in [0.2, 0.25) is 5.91 Å². The Morgan fingerprint density at radius 3 is 3.04 bits per heavy atom. The second-order valence-corrected chi connectivity index (χ2v) is 7.18. The highest BCUT2D eigenvalue weighted by molar-refractivity contribution is 7.13. The van der Waals surface area contributed by atoms with Crippen molar-refractivity contribution < 1.29 is 4.79 Å². The van der Waals surface area contributed by atoms with Gasteiger partial charge in [0.1, 0.15) is 5.01 Å². The van der Waals surface area contributed by atoms with Crippen LogP contribution in [0.15, 0.2) is 29.8 Å². The summed E-state index contributed by atoms with van der Waals surface area (Å²) in [5.41, 5.74) is 7.43. The highest BCUT2D eigenvalue weighted by atomic mass is 35.5. The van der Waals surface area contributed by atoms with E-state index in [1.807, 2.05) is 18.2 Å². The van der Waals surface area contributed by atoms with E-state index in [2.05, 4.69) is 20.6 Å². The molecule has 1 aliphatic rings. The second-order valence-electron chi connectivity index (χ2n) is 6.32. The molecule has 1 atom stereocenters. The molecule has 142 valence electrons. The van der Waals surface area contributed by atoms with Gasteiger partial charge >= 0.3 is 0 Å². The number of carbonyl (C=O) groups excluding carboxylic acids is 1. The summed E-state index contributed by atoms with van der Waals surface area (Å²) in [6, 6.07) is 6.25. The molecule has 3 heterocycles. The Morgan fingerprint density at radius 1 is 1.38 bits per heavy atom. The van der Waals surface area contributed by atoms with Gasteiger partial charge in [-0.3, -0.25) is 14.7 Å². The van der Waals surface area contributed by atoms with Gasteiger partial charge in [-0.2, -0.15) is 0 Å². The fraction of sp³-hybridized carbons (Fsp3) is 0.500. The van der Waals surface area contributed by atoms with Crippen molar-refractivity contribution in [2.24, 2.45) is 5.73 Å². The van der Waals surface area contributed by atoms with Crippen LogP contribution in [0.4, 0.5) is 0 Å². The number of amides is 1. The van der Waals surface area contributed by atoms with Crippen molar-refractivity contribution >= 4 is 29.7 Å². The monoisotopic (exact) mass is 395 g/mol. The van der Waals surface area contributed by atoms with E-state index in [0.717, 1.165) is 35.9 Å². The summed E-state index contributed by atoms with van der Waals surface area (Å²) in [6.07, 6.45) is 5.71. The number of hydrogen-bond acceptors (Lipinski definition) is 6. The average molecular weight is 396 g/mol. The van der Waals surface area contributed by atoms with Crippen LogP contribution < -0.4 is 11.1 Å². The highest BCUT2D eigenvalue weighted by Crippen LogP contribution is 2.24. The van der Waals surface area contributed by atoms with Crippen molar-refractivity contribution in [3.63, 3.8) is 0 Å². The number of nitrogens with zero attached hydrogens (tertiary/aromatic N) is 3. The summed E-state index contributed by atoms with van der Waals surface area (Å²) in [5, 5.41) is 6.08. The first kappa shape index (κ1) is 20.8. The van der Waals surface area contributed by atoms with Crippen LogP contribution in [0.25, 0.3) is 10.7 Å². The maximum absolute atomic E-state index is 11.7. The van der Waals surface area contributed by atoms with Crippen molar-refractivity contribution in [1.29, 1.82) is 0 Å². The van der Waals surface area contributed by atoms with Gasteiger partial charge in [-0.1, -0.05) is 12.5 Å². The number of nitrogens with two attached hydrogens (primary N) is 1. The highest BCUT2D eigenvalue weighted by Gasteiger charge is 2.23. The summed E-state index contributed by atoms with van der Waals surface area (Å²) in [4.78, 5) is 23.2. The molecule has 0 aromatic carbocycles. The molecular weight excluding hydrogens is 370 g/mol. The number of thiazole rings is 1. The van der Waals surface area contributed by atoms with Crippen molar-refractivity contribution in [3.05, 3.63) is 35.5 Å². The molecule has 0 saturated carbocycles. The molecule has 8 heteroatoms. The number of hydrogen-bond donors (Lipinski definition) is 2. The molecule has 1 saturated heterocycles. The number of rotatable bonds is 7. The standard InChI is InChI=1S/C18H25N5OS.ClH/c19-8-7-17(24)21-11-15-5-2-4-10-23(15)12-14-13-25-18(22-14)16-6-1-3-9-20-16;/h1,3,6,9,13,15H,2,4-5,7-8,10-12,19H2,(H,21,24);1H. The molecular formula is C18H26ClN5OS. The van der Waals surface area contributed by atoms with Crippen molar-refractivity contribution in [1.82, 2.24) is 20.2 Å².